The van der Waals surface area contributed by atoms with E-state index in [1.807, 2.05) is 17.5 Å². The van der Waals surface area contributed by atoms with Crippen LogP contribution in [0.15, 0.2) is 40.3 Å². The van der Waals surface area contributed by atoms with Crippen molar-refractivity contribution in [1.29, 1.82) is 0 Å². The highest BCUT2D eigenvalue weighted by atomic mass is 32.1. The summed E-state index contributed by atoms with van der Waals surface area (Å²) in [5, 5.41) is 4.60. The van der Waals surface area contributed by atoms with Gasteiger partial charge in [0.15, 0.2) is 0 Å². The van der Waals surface area contributed by atoms with Crippen LogP contribution in [0.5, 0.6) is 0 Å². The lowest BCUT2D eigenvalue weighted by Gasteiger charge is -2.21. The molecule has 2 aromatic rings. The fourth-order valence-corrected chi connectivity index (χ4v) is 2.66. The van der Waals surface area contributed by atoms with Gasteiger partial charge in [-0.25, -0.2) is 0 Å². The van der Waals surface area contributed by atoms with E-state index in [9.17, 15) is 9.59 Å². The Morgan fingerprint density at radius 3 is 2.87 bits per heavy atom. The van der Waals surface area contributed by atoms with Crippen LogP contribution >= 0.6 is 11.3 Å². The Morgan fingerprint density at radius 2 is 2.22 bits per heavy atom. The number of carbonyl (C=O) groups is 2. The Labute approximate surface area is 139 Å². The number of nitrogens with one attached hydrogen (secondary N) is 1. The molecule has 0 spiro atoms. The van der Waals surface area contributed by atoms with Gasteiger partial charge in [-0.2, -0.15) is 0 Å². The molecule has 0 unspecified atom stereocenters. The summed E-state index contributed by atoms with van der Waals surface area (Å²) in [6.07, 6.45) is 1.82. The van der Waals surface area contributed by atoms with Crippen LogP contribution in [-0.2, 0) is 16.1 Å². The first kappa shape index (κ1) is 17.2. The molecule has 0 radical (unpaired) electrons. The first-order valence-electron chi connectivity index (χ1n) is 7.31. The summed E-state index contributed by atoms with van der Waals surface area (Å²) >= 11 is 1.37. The van der Waals surface area contributed by atoms with Crippen LogP contribution in [0.1, 0.15) is 21.9 Å². The molecular weight excluding hydrogens is 316 g/mol. The number of amides is 2. The van der Waals surface area contributed by atoms with Crippen molar-refractivity contribution in [2.24, 2.45) is 0 Å². The number of rotatable bonds is 9. The molecule has 2 heterocycles. The molecule has 7 heteroatoms. The van der Waals surface area contributed by atoms with Gasteiger partial charge in [0.2, 0.25) is 5.91 Å². The summed E-state index contributed by atoms with van der Waals surface area (Å²) < 4.78 is 10.3. The van der Waals surface area contributed by atoms with Crippen LogP contribution in [0, 0.1) is 0 Å². The standard InChI is InChI=1S/C16H20N2O4S/c1-21-10-8-18(12-13-4-2-9-22-13)15(19)6-7-17-16(20)14-5-3-11-23-14/h2-5,9,11H,6-8,10,12H2,1H3,(H,17,20). The van der Waals surface area contributed by atoms with Gasteiger partial charge in [-0.3, -0.25) is 9.59 Å². The van der Waals surface area contributed by atoms with E-state index in [4.69, 9.17) is 9.15 Å². The molecular formula is C16H20N2O4S. The predicted molar refractivity (Wildman–Crippen MR) is 87.3 cm³/mol. The molecule has 2 aromatic heterocycles. The minimum Gasteiger partial charge on any atom is -0.467 e. The van der Waals surface area contributed by atoms with E-state index in [2.05, 4.69) is 5.32 Å². The van der Waals surface area contributed by atoms with Gasteiger partial charge in [0.25, 0.3) is 5.91 Å². The SMILES string of the molecule is COCCN(Cc1ccco1)C(=O)CCNC(=O)c1cccs1. The Morgan fingerprint density at radius 1 is 1.35 bits per heavy atom. The molecule has 2 amide bonds. The summed E-state index contributed by atoms with van der Waals surface area (Å²) in [5.41, 5.74) is 0. The van der Waals surface area contributed by atoms with E-state index in [1.54, 1.807) is 30.4 Å². The second-order valence-electron chi connectivity index (χ2n) is 4.87. The van der Waals surface area contributed by atoms with Crippen molar-refractivity contribution in [1.82, 2.24) is 10.2 Å². The number of carbonyl (C=O) groups excluding carboxylic acids is 2. The van der Waals surface area contributed by atoms with Crippen LogP contribution in [-0.4, -0.2) is 43.5 Å². The van der Waals surface area contributed by atoms with E-state index in [-0.39, 0.29) is 18.2 Å². The van der Waals surface area contributed by atoms with Gasteiger partial charge in [-0.05, 0) is 23.6 Å². The number of ether oxygens (including phenoxy) is 1. The molecule has 0 bridgehead atoms. The Hall–Kier alpha value is -2.12. The quantitative estimate of drug-likeness (QED) is 0.761. The summed E-state index contributed by atoms with van der Waals surface area (Å²) in [5.74, 6) is 0.518. The second-order valence-corrected chi connectivity index (χ2v) is 5.82. The molecule has 0 fully saturated rings. The van der Waals surface area contributed by atoms with Crippen molar-refractivity contribution in [2.45, 2.75) is 13.0 Å². The average Bonchev–Trinajstić information content (AvgIpc) is 3.24. The fourth-order valence-electron chi connectivity index (χ4n) is 2.02. The first-order valence-corrected chi connectivity index (χ1v) is 8.19. The van der Waals surface area contributed by atoms with Gasteiger partial charge in [-0.15, -0.1) is 11.3 Å². The molecule has 0 aromatic carbocycles. The zero-order valence-corrected chi connectivity index (χ0v) is 13.8. The first-order chi connectivity index (χ1) is 11.2. The Bertz CT molecular complexity index is 596. The van der Waals surface area contributed by atoms with Crippen LogP contribution in [0.4, 0.5) is 0 Å². The zero-order valence-electron chi connectivity index (χ0n) is 13.0. The van der Waals surface area contributed by atoms with Gasteiger partial charge >= 0.3 is 0 Å². The highest BCUT2D eigenvalue weighted by molar-refractivity contribution is 7.12. The summed E-state index contributed by atoms with van der Waals surface area (Å²) in [4.78, 5) is 26.5. The monoisotopic (exact) mass is 336 g/mol. The van der Waals surface area contributed by atoms with Gasteiger partial charge < -0.3 is 19.4 Å². The number of hydrogen-bond acceptors (Lipinski definition) is 5. The average molecular weight is 336 g/mol. The maximum Gasteiger partial charge on any atom is 0.261 e. The van der Waals surface area contributed by atoms with Crippen molar-refractivity contribution in [3.8, 4) is 0 Å². The van der Waals surface area contributed by atoms with Crippen molar-refractivity contribution in [3.05, 3.63) is 46.5 Å². The zero-order chi connectivity index (χ0) is 16.5. The summed E-state index contributed by atoms with van der Waals surface area (Å²) in [7, 11) is 1.59. The smallest absolute Gasteiger partial charge is 0.261 e. The van der Waals surface area contributed by atoms with Crippen LogP contribution in [0.25, 0.3) is 0 Å². The Kier molecular flexibility index (Phi) is 6.83. The van der Waals surface area contributed by atoms with E-state index < -0.39 is 0 Å². The summed E-state index contributed by atoms with van der Waals surface area (Å²) in [6.45, 7) is 1.63. The lowest BCUT2D eigenvalue weighted by atomic mass is 10.3. The largest absolute Gasteiger partial charge is 0.467 e. The maximum absolute atomic E-state index is 12.3. The number of hydrogen-bond donors (Lipinski definition) is 1. The second kappa shape index (κ2) is 9.12. The fraction of sp³-hybridized carbons (Fsp3) is 0.375. The Balaban J connectivity index is 1.80. The minimum atomic E-state index is -0.151. The molecule has 0 aliphatic heterocycles. The van der Waals surface area contributed by atoms with E-state index >= 15 is 0 Å². The number of furan rings is 1. The van der Waals surface area contributed by atoms with Crippen LogP contribution in [0.2, 0.25) is 0 Å². The third-order valence-electron chi connectivity index (χ3n) is 3.21. The van der Waals surface area contributed by atoms with Gasteiger partial charge in [0.05, 0.1) is 24.3 Å². The number of methoxy groups -OCH3 is 1. The molecule has 1 N–H and O–H groups in total. The molecule has 23 heavy (non-hydrogen) atoms. The van der Waals surface area contributed by atoms with E-state index in [0.29, 0.717) is 31.1 Å². The third-order valence-corrected chi connectivity index (χ3v) is 4.08. The molecule has 0 aliphatic rings. The van der Waals surface area contributed by atoms with Crippen molar-refractivity contribution < 1.29 is 18.7 Å². The number of nitrogens with zero attached hydrogens (tertiary/aromatic N) is 1. The third kappa shape index (κ3) is 5.54. The predicted octanol–water partition coefficient (Wildman–Crippen LogP) is 2.14. The topological polar surface area (TPSA) is 71.8 Å². The lowest BCUT2D eigenvalue weighted by Crippen LogP contribution is -2.36. The molecule has 6 nitrogen and oxygen atoms in total. The minimum absolute atomic E-state index is 0.0510. The van der Waals surface area contributed by atoms with Crippen molar-refractivity contribution >= 4 is 23.2 Å². The summed E-state index contributed by atoms with van der Waals surface area (Å²) in [6, 6.07) is 7.19. The highest BCUT2D eigenvalue weighted by Gasteiger charge is 2.15. The molecule has 0 aliphatic carbocycles. The lowest BCUT2D eigenvalue weighted by molar-refractivity contribution is -0.132. The van der Waals surface area contributed by atoms with Gasteiger partial charge in [-0.1, -0.05) is 6.07 Å². The molecule has 0 saturated heterocycles. The normalized spacial score (nSPS) is 10.5. The highest BCUT2D eigenvalue weighted by Crippen LogP contribution is 2.09. The maximum atomic E-state index is 12.3. The molecule has 124 valence electrons. The van der Waals surface area contributed by atoms with Crippen LogP contribution in [0.3, 0.4) is 0 Å². The number of thiophene rings is 1. The van der Waals surface area contributed by atoms with Gasteiger partial charge in [0, 0.05) is 26.6 Å². The van der Waals surface area contributed by atoms with E-state index in [1.165, 1.54) is 11.3 Å². The van der Waals surface area contributed by atoms with Crippen LogP contribution < -0.4 is 5.32 Å². The van der Waals surface area contributed by atoms with Crippen molar-refractivity contribution in [3.63, 3.8) is 0 Å². The van der Waals surface area contributed by atoms with E-state index in [0.717, 1.165) is 5.76 Å². The molecule has 0 saturated carbocycles. The van der Waals surface area contributed by atoms with Crippen molar-refractivity contribution in [2.75, 3.05) is 26.8 Å². The molecule has 2 rings (SSSR count). The van der Waals surface area contributed by atoms with Gasteiger partial charge in [0.1, 0.15) is 5.76 Å². The molecule has 0 atom stereocenters.